The smallest absolute Gasteiger partial charge is 0.00934 e. The average Bonchev–Trinajstić information content (AvgIpc) is 3.04. The maximum Gasteiger partial charge on any atom is -0.00934 e. The molecule has 0 bridgehead atoms. The van der Waals surface area contributed by atoms with Crippen LogP contribution >= 0.6 is 11.3 Å². The Bertz CT molecular complexity index is 112. The minimum Gasteiger partial charge on any atom is -0.152 e. The van der Waals surface area contributed by atoms with Gasteiger partial charge in [-0.05, 0) is 10.8 Å². The number of hydrogen-bond donors (Lipinski definition) is 0. The fraction of sp³-hybridized carbons (Fsp3) is 0.765. The molecule has 0 N–H and O–H groups in total. The largest absolute Gasteiger partial charge is 0.152 e. The Kier molecular flexibility index (Phi) is 63.9. The number of hydrogen-bond acceptors (Lipinski definition) is 1. The quantitative estimate of drug-likeness (QED) is 0.527. The van der Waals surface area contributed by atoms with Crippen molar-refractivity contribution in [1.29, 1.82) is 0 Å². The first kappa shape index (κ1) is 26.3. The maximum atomic E-state index is 2.21. The average molecular weight is 275 g/mol. The van der Waals surface area contributed by atoms with Gasteiger partial charge in [0.1, 0.15) is 0 Å². The SMILES string of the molecule is CC.CC.CCCC.CCCCC.c1ccsc1. The third kappa shape index (κ3) is 57.2. The Balaban J connectivity index is -0.0000000722. The van der Waals surface area contributed by atoms with Gasteiger partial charge in [-0.3, -0.25) is 0 Å². The van der Waals surface area contributed by atoms with Crippen molar-refractivity contribution >= 4 is 11.3 Å². The van der Waals surface area contributed by atoms with Gasteiger partial charge in [-0.25, -0.2) is 0 Å². The van der Waals surface area contributed by atoms with E-state index in [4.69, 9.17) is 0 Å². The van der Waals surface area contributed by atoms with Crippen LogP contribution in [0.2, 0.25) is 0 Å². The van der Waals surface area contributed by atoms with Crippen LogP contribution < -0.4 is 0 Å². The minimum absolute atomic E-state index is 1.32. The van der Waals surface area contributed by atoms with E-state index in [0.29, 0.717) is 0 Å². The molecule has 0 saturated heterocycles. The highest BCUT2D eigenvalue weighted by atomic mass is 32.1. The molecule has 0 spiro atoms. The third-order valence-electron chi connectivity index (χ3n) is 1.63. The fourth-order valence-corrected chi connectivity index (χ4v) is 1.03. The van der Waals surface area contributed by atoms with E-state index in [2.05, 4.69) is 27.7 Å². The first-order valence-corrected chi connectivity index (χ1v) is 8.74. The molecule has 0 aliphatic heterocycles. The first-order valence-electron chi connectivity index (χ1n) is 7.80. The summed E-state index contributed by atoms with van der Waals surface area (Å²) < 4.78 is 0. The monoisotopic (exact) mass is 274 g/mol. The highest BCUT2D eigenvalue weighted by molar-refractivity contribution is 7.07. The summed E-state index contributed by atoms with van der Waals surface area (Å²) in [5.74, 6) is 0. The molecule has 0 unspecified atom stereocenters. The summed E-state index contributed by atoms with van der Waals surface area (Å²) in [4.78, 5) is 0. The van der Waals surface area contributed by atoms with Gasteiger partial charge in [-0.1, -0.05) is 99.6 Å². The van der Waals surface area contributed by atoms with Crippen molar-refractivity contribution in [2.24, 2.45) is 0 Å². The molecule has 1 heterocycles. The number of thiophene rings is 1. The predicted molar refractivity (Wildman–Crippen MR) is 92.8 cm³/mol. The van der Waals surface area contributed by atoms with E-state index in [-0.39, 0.29) is 0 Å². The first-order chi connectivity index (χ1) is 8.83. The van der Waals surface area contributed by atoms with E-state index in [1.165, 1.54) is 32.1 Å². The zero-order valence-corrected chi connectivity index (χ0v) is 15.1. The van der Waals surface area contributed by atoms with Gasteiger partial charge in [0.2, 0.25) is 0 Å². The Morgan fingerprint density at radius 1 is 0.611 bits per heavy atom. The van der Waals surface area contributed by atoms with Crippen LogP contribution in [0.25, 0.3) is 0 Å². The molecule has 0 aliphatic rings. The van der Waals surface area contributed by atoms with E-state index < -0.39 is 0 Å². The van der Waals surface area contributed by atoms with Gasteiger partial charge >= 0.3 is 0 Å². The molecule has 0 aliphatic carbocycles. The van der Waals surface area contributed by atoms with E-state index in [1.54, 1.807) is 11.3 Å². The summed E-state index contributed by atoms with van der Waals surface area (Å²) in [6.45, 7) is 16.8. The third-order valence-corrected chi connectivity index (χ3v) is 2.26. The summed E-state index contributed by atoms with van der Waals surface area (Å²) >= 11 is 1.71. The van der Waals surface area contributed by atoms with Gasteiger partial charge < -0.3 is 0 Å². The van der Waals surface area contributed by atoms with Crippen LogP contribution in [0.3, 0.4) is 0 Å². The Hall–Kier alpha value is -0.300. The van der Waals surface area contributed by atoms with Crippen molar-refractivity contribution in [2.75, 3.05) is 0 Å². The van der Waals surface area contributed by atoms with Gasteiger partial charge in [0, 0.05) is 0 Å². The molecule has 1 rings (SSSR count). The topological polar surface area (TPSA) is 0 Å². The molecule has 1 aromatic heterocycles. The Morgan fingerprint density at radius 2 is 0.944 bits per heavy atom. The Morgan fingerprint density at radius 3 is 1.00 bits per heavy atom. The standard InChI is InChI=1S/C5H12.C4H4S.C4H10.2C2H6/c1-3-5-4-2;1-2-4-5-3-1;1-3-4-2;2*1-2/h3-5H2,1-2H3;1-4H;3-4H2,1-2H3;2*1-2H3. The molecule has 0 radical (unpaired) electrons. The van der Waals surface area contributed by atoms with Crippen molar-refractivity contribution in [2.45, 2.75) is 87.5 Å². The lowest BCUT2D eigenvalue weighted by atomic mass is 10.3. The van der Waals surface area contributed by atoms with Crippen molar-refractivity contribution < 1.29 is 0 Å². The van der Waals surface area contributed by atoms with Crippen LogP contribution in [0.1, 0.15) is 87.5 Å². The summed E-state index contributed by atoms with van der Waals surface area (Å²) in [5, 5.41) is 4.08. The molecule has 0 saturated carbocycles. The van der Waals surface area contributed by atoms with Crippen molar-refractivity contribution in [3.63, 3.8) is 0 Å². The second-order valence-corrected chi connectivity index (χ2v) is 3.96. The normalized spacial score (nSPS) is 6.89. The summed E-state index contributed by atoms with van der Waals surface area (Å²) in [6, 6.07) is 4.04. The molecule has 112 valence electrons. The maximum absolute atomic E-state index is 2.21. The van der Waals surface area contributed by atoms with Crippen LogP contribution in [-0.4, -0.2) is 0 Å². The van der Waals surface area contributed by atoms with E-state index >= 15 is 0 Å². The summed E-state index contributed by atoms with van der Waals surface area (Å²) in [5.41, 5.74) is 0. The van der Waals surface area contributed by atoms with Crippen molar-refractivity contribution in [1.82, 2.24) is 0 Å². The van der Waals surface area contributed by atoms with Crippen LogP contribution in [-0.2, 0) is 0 Å². The zero-order chi connectivity index (χ0) is 15.1. The lowest BCUT2D eigenvalue weighted by Crippen LogP contribution is -1.59. The molecule has 0 atom stereocenters. The van der Waals surface area contributed by atoms with Crippen molar-refractivity contribution in [3.05, 3.63) is 22.9 Å². The van der Waals surface area contributed by atoms with Gasteiger partial charge in [0.15, 0.2) is 0 Å². The van der Waals surface area contributed by atoms with Crippen LogP contribution in [0.4, 0.5) is 0 Å². The molecule has 0 amide bonds. The fourth-order valence-electron chi connectivity index (χ4n) is 0.580. The molecule has 1 aromatic rings. The van der Waals surface area contributed by atoms with Crippen LogP contribution in [0, 0.1) is 0 Å². The van der Waals surface area contributed by atoms with E-state index in [1.807, 2.05) is 50.6 Å². The number of rotatable bonds is 3. The Labute approximate surface area is 122 Å². The van der Waals surface area contributed by atoms with Gasteiger partial charge in [0.25, 0.3) is 0 Å². The van der Waals surface area contributed by atoms with Gasteiger partial charge in [-0.15, -0.1) is 0 Å². The van der Waals surface area contributed by atoms with Gasteiger partial charge in [-0.2, -0.15) is 11.3 Å². The summed E-state index contributed by atoms with van der Waals surface area (Å²) in [7, 11) is 0. The van der Waals surface area contributed by atoms with Crippen LogP contribution in [0.5, 0.6) is 0 Å². The second-order valence-electron chi connectivity index (χ2n) is 3.15. The summed E-state index contributed by atoms with van der Waals surface area (Å²) in [6.07, 6.45) is 6.72. The van der Waals surface area contributed by atoms with E-state index in [0.717, 1.165) is 0 Å². The van der Waals surface area contributed by atoms with E-state index in [9.17, 15) is 0 Å². The second kappa shape index (κ2) is 43.7. The number of unbranched alkanes of at least 4 members (excludes halogenated alkanes) is 3. The highest BCUT2D eigenvalue weighted by Gasteiger charge is 1.68. The molecular formula is C17H38S. The van der Waals surface area contributed by atoms with Gasteiger partial charge in [0.05, 0.1) is 0 Å². The predicted octanol–water partition coefficient (Wildman–Crippen LogP) is 7.80. The van der Waals surface area contributed by atoms with Crippen LogP contribution in [0.15, 0.2) is 22.9 Å². The lowest BCUT2D eigenvalue weighted by Gasteiger charge is -1.79. The zero-order valence-electron chi connectivity index (χ0n) is 14.3. The molecule has 0 nitrogen and oxygen atoms in total. The lowest BCUT2D eigenvalue weighted by molar-refractivity contribution is 0.772. The molecule has 18 heavy (non-hydrogen) atoms. The molecule has 0 aromatic carbocycles. The molecule has 1 heteroatoms. The molecule has 0 fully saturated rings. The minimum atomic E-state index is 1.32. The molecular weight excluding hydrogens is 236 g/mol. The highest BCUT2D eigenvalue weighted by Crippen LogP contribution is 1.91. The van der Waals surface area contributed by atoms with Crippen molar-refractivity contribution in [3.8, 4) is 0 Å².